The molecule has 0 bridgehead atoms. The fourth-order valence-electron chi connectivity index (χ4n) is 1.94. The molecule has 0 N–H and O–H groups in total. The molecule has 18 heavy (non-hydrogen) atoms. The van der Waals surface area contributed by atoms with E-state index in [-0.39, 0.29) is 5.91 Å². The summed E-state index contributed by atoms with van der Waals surface area (Å²) in [7, 11) is 1.80. The molecule has 2 rings (SSSR count). The summed E-state index contributed by atoms with van der Waals surface area (Å²) in [5.74, 6) is 0.790. The number of carbonyl (C=O) groups excluding carboxylic acids is 1. The van der Waals surface area contributed by atoms with Crippen molar-refractivity contribution in [1.29, 1.82) is 0 Å². The Hall–Kier alpha value is -1.62. The second-order valence-corrected chi connectivity index (χ2v) is 4.29. The fraction of sp³-hybridized carbons (Fsp3) is 0.538. The summed E-state index contributed by atoms with van der Waals surface area (Å²) in [6.07, 6.45) is 1.73. The molecule has 1 aromatic heterocycles. The van der Waals surface area contributed by atoms with Crippen LogP contribution < -0.4 is 4.90 Å². The SMILES string of the molecule is CCN(C)C(=O)c1cccnc1N1CCOCC1. The van der Waals surface area contributed by atoms with Crippen molar-refractivity contribution in [1.82, 2.24) is 9.88 Å². The second-order valence-electron chi connectivity index (χ2n) is 4.29. The summed E-state index contributed by atoms with van der Waals surface area (Å²) in [6, 6.07) is 3.65. The molecule has 0 saturated carbocycles. The van der Waals surface area contributed by atoms with Gasteiger partial charge in [0.15, 0.2) is 0 Å². The molecule has 1 saturated heterocycles. The van der Waals surface area contributed by atoms with Crippen molar-refractivity contribution in [2.24, 2.45) is 0 Å². The Labute approximate surface area is 107 Å². The number of rotatable bonds is 3. The molecule has 98 valence electrons. The van der Waals surface area contributed by atoms with Crippen molar-refractivity contribution in [3.8, 4) is 0 Å². The first-order chi connectivity index (χ1) is 8.74. The van der Waals surface area contributed by atoms with E-state index in [2.05, 4.69) is 9.88 Å². The Morgan fingerprint density at radius 3 is 2.89 bits per heavy atom. The lowest BCUT2D eigenvalue weighted by atomic mass is 10.2. The lowest BCUT2D eigenvalue weighted by Crippen LogP contribution is -2.38. The molecule has 0 atom stereocenters. The Morgan fingerprint density at radius 2 is 2.22 bits per heavy atom. The normalized spacial score (nSPS) is 15.6. The van der Waals surface area contributed by atoms with E-state index in [1.54, 1.807) is 24.2 Å². The minimum Gasteiger partial charge on any atom is -0.378 e. The van der Waals surface area contributed by atoms with Crippen LogP contribution in [0.2, 0.25) is 0 Å². The van der Waals surface area contributed by atoms with Crippen LogP contribution in [0.3, 0.4) is 0 Å². The zero-order valence-electron chi connectivity index (χ0n) is 10.9. The Bertz CT molecular complexity index is 416. The monoisotopic (exact) mass is 249 g/mol. The summed E-state index contributed by atoms with van der Waals surface area (Å²) in [5.41, 5.74) is 0.670. The van der Waals surface area contributed by atoms with Crippen molar-refractivity contribution in [2.45, 2.75) is 6.92 Å². The van der Waals surface area contributed by atoms with Crippen molar-refractivity contribution >= 4 is 11.7 Å². The molecule has 0 radical (unpaired) electrons. The Kier molecular flexibility index (Phi) is 4.15. The van der Waals surface area contributed by atoms with E-state index >= 15 is 0 Å². The van der Waals surface area contributed by atoms with Gasteiger partial charge in [-0.15, -0.1) is 0 Å². The Balaban J connectivity index is 2.27. The van der Waals surface area contributed by atoms with Crippen molar-refractivity contribution in [2.75, 3.05) is 44.8 Å². The van der Waals surface area contributed by atoms with Gasteiger partial charge in [0.2, 0.25) is 0 Å². The maximum absolute atomic E-state index is 12.3. The molecule has 5 heteroatoms. The summed E-state index contributed by atoms with van der Waals surface area (Å²) in [5, 5.41) is 0. The molecule has 1 aliphatic heterocycles. The lowest BCUT2D eigenvalue weighted by Gasteiger charge is -2.29. The number of aromatic nitrogens is 1. The van der Waals surface area contributed by atoms with E-state index in [0.29, 0.717) is 25.3 Å². The van der Waals surface area contributed by atoms with Gasteiger partial charge < -0.3 is 14.5 Å². The van der Waals surface area contributed by atoms with Gasteiger partial charge in [0.05, 0.1) is 18.8 Å². The van der Waals surface area contributed by atoms with E-state index in [1.165, 1.54) is 0 Å². The van der Waals surface area contributed by atoms with E-state index in [1.807, 2.05) is 13.0 Å². The number of amides is 1. The van der Waals surface area contributed by atoms with E-state index in [4.69, 9.17) is 4.74 Å². The standard InChI is InChI=1S/C13H19N3O2/c1-3-15(2)13(17)11-5-4-6-14-12(11)16-7-9-18-10-8-16/h4-6H,3,7-10H2,1-2H3. The molecule has 1 aliphatic rings. The van der Waals surface area contributed by atoms with Crippen LogP contribution in [0.1, 0.15) is 17.3 Å². The highest BCUT2D eigenvalue weighted by atomic mass is 16.5. The zero-order chi connectivity index (χ0) is 13.0. The van der Waals surface area contributed by atoms with Gasteiger partial charge >= 0.3 is 0 Å². The first kappa shape index (κ1) is 12.8. The molecular weight excluding hydrogens is 230 g/mol. The minimum atomic E-state index is 0.0205. The molecule has 0 unspecified atom stereocenters. The smallest absolute Gasteiger partial charge is 0.257 e. The third-order valence-corrected chi connectivity index (χ3v) is 3.15. The van der Waals surface area contributed by atoms with Crippen LogP contribution in [-0.2, 0) is 4.74 Å². The number of nitrogens with zero attached hydrogens (tertiary/aromatic N) is 3. The van der Waals surface area contributed by atoms with Crippen LogP contribution in [-0.4, -0.2) is 55.7 Å². The van der Waals surface area contributed by atoms with Gasteiger partial charge in [-0.2, -0.15) is 0 Å². The quantitative estimate of drug-likeness (QED) is 0.802. The predicted molar refractivity (Wildman–Crippen MR) is 69.9 cm³/mol. The average Bonchev–Trinajstić information content (AvgIpc) is 2.46. The van der Waals surface area contributed by atoms with Crippen LogP contribution in [0.5, 0.6) is 0 Å². The third-order valence-electron chi connectivity index (χ3n) is 3.15. The van der Waals surface area contributed by atoms with Gasteiger partial charge in [0, 0.05) is 32.9 Å². The predicted octanol–water partition coefficient (Wildman–Crippen LogP) is 1.01. The number of carbonyl (C=O) groups is 1. The van der Waals surface area contributed by atoms with Gasteiger partial charge in [-0.1, -0.05) is 0 Å². The van der Waals surface area contributed by atoms with E-state index in [9.17, 15) is 4.79 Å². The maximum Gasteiger partial charge on any atom is 0.257 e. The number of hydrogen-bond donors (Lipinski definition) is 0. The molecular formula is C13H19N3O2. The van der Waals surface area contributed by atoms with Crippen LogP contribution in [0.4, 0.5) is 5.82 Å². The van der Waals surface area contributed by atoms with Crippen LogP contribution in [0.15, 0.2) is 18.3 Å². The van der Waals surface area contributed by atoms with E-state index < -0.39 is 0 Å². The van der Waals surface area contributed by atoms with Gasteiger partial charge in [0.25, 0.3) is 5.91 Å². The van der Waals surface area contributed by atoms with Gasteiger partial charge in [-0.25, -0.2) is 4.98 Å². The highest BCUT2D eigenvalue weighted by Gasteiger charge is 2.21. The maximum atomic E-state index is 12.3. The molecule has 0 spiro atoms. The lowest BCUT2D eigenvalue weighted by molar-refractivity contribution is 0.0801. The number of pyridine rings is 1. The van der Waals surface area contributed by atoms with E-state index in [0.717, 1.165) is 18.9 Å². The Morgan fingerprint density at radius 1 is 1.50 bits per heavy atom. The topological polar surface area (TPSA) is 45.7 Å². The zero-order valence-corrected chi connectivity index (χ0v) is 10.9. The number of anilines is 1. The number of morpholine rings is 1. The molecule has 5 nitrogen and oxygen atoms in total. The van der Waals surface area contributed by atoms with Gasteiger partial charge in [-0.3, -0.25) is 4.79 Å². The van der Waals surface area contributed by atoms with Gasteiger partial charge in [0.1, 0.15) is 5.82 Å². The summed E-state index contributed by atoms with van der Waals surface area (Å²) >= 11 is 0. The first-order valence-electron chi connectivity index (χ1n) is 6.27. The van der Waals surface area contributed by atoms with Crippen molar-refractivity contribution in [3.63, 3.8) is 0 Å². The molecule has 2 heterocycles. The molecule has 1 fully saturated rings. The van der Waals surface area contributed by atoms with Crippen molar-refractivity contribution < 1.29 is 9.53 Å². The van der Waals surface area contributed by atoms with Crippen LogP contribution in [0, 0.1) is 0 Å². The number of hydrogen-bond acceptors (Lipinski definition) is 4. The minimum absolute atomic E-state index is 0.0205. The van der Waals surface area contributed by atoms with Crippen LogP contribution >= 0.6 is 0 Å². The number of ether oxygens (including phenoxy) is 1. The first-order valence-corrected chi connectivity index (χ1v) is 6.27. The second kappa shape index (κ2) is 5.82. The highest BCUT2D eigenvalue weighted by Crippen LogP contribution is 2.19. The van der Waals surface area contributed by atoms with Crippen molar-refractivity contribution in [3.05, 3.63) is 23.9 Å². The fourth-order valence-corrected chi connectivity index (χ4v) is 1.94. The molecule has 0 aromatic carbocycles. The largest absolute Gasteiger partial charge is 0.378 e. The molecule has 1 aromatic rings. The average molecular weight is 249 g/mol. The highest BCUT2D eigenvalue weighted by molar-refractivity contribution is 5.98. The summed E-state index contributed by atoms with van der Waals surface area (Å²) in [4.78, 5) is 20.4. The molecule has 1 amide bonds. The third kappa shape index (κ3) is 2.61. The summed E-state index contributed by atoms with van der Waals surface area (Å²) < 4.78 is 5.33. The molecule has 0 aliphatic carbocycles. The van der Waals surface area contributed by atoms with Gasteiger partial charge in [-0.05, 0) is 19.1 Å². The van der Waals surface area contributed by atoms with Crippen LogP contribution in [0.25, 0.3) is 0 Å². The summed E-state index contributed by atoms with van der Waals surface area (Å²) in [6.45, 7) is 5.60.